The summed E-state index contributed by atoms with van der Waals surface area (Å²) in [6.45, 7) is 2.12. The second-order valence-electron chi connectivity index (χ2n) is 9.66. The van der Waals surface area contributed by atoms with Crippen molar-refractivity contribution in [2.45, 2.75) is 6.92 Å². The minimum absolute atomic E-state index is 1.12. The molecule has 0 fully saturated rings. The molecule has 0 aromatic heterocycles. The Kier molecular flexibility index (Phi) is 6.37. The van der Waals surface area contributed by atoms with Crippen LogP contribution in [0.3, 0.4) is 0 Å². The molecule has 0 heterocycles. The molecule has 0 amide bonds. The lowest BCUT2D eigenvalue weighted by Gasteiger charge is -2.28. The Labute approximate surface area is 225 Å². The van der Waals surface area contributed by atoms with Gasteiger partial charge in [0.15, 0.2) is 0 Å². The van der Waals surface area contributed by atoms with Crippen molar-refractivity contribution < 1.29 is 0 Å². The fourth-order valence-electron chi connectivity index (χ4n) is 5.01. The molecule has 6 aromatic rings. The first-order valence-electron chi connectivity index (χ1n) is 13.0. The fraction of sp³-hybridized carbons (Fsp3) is 0.0556. The maximum Gasteiger partial charge on any atom is 0.0540 e. The molecule has 0 saturated carbocycles. The Morgan fingerprint density at radius 3 is 1.61 bits per heavy atom. The van der Waals surface area contributed by atoms with Gasteiger partial charge < -0.3 is 9.80 Å². The minimum Gasteiger partial charge on any atom is -0.345 e. The van der Waals surface area contributed by atoms with Crippen LogP contribution >= 0.6 is 0 Å². The molecule has 0 radical (unpaired) electrons. The summed E-state index contributed by atoms with van der Waals surface area (Å²) in [5, 5.41) is 2.45. The van der Waals surface area contributed by atoms with Crippen LogP contribution in [0.4, 0.5) is 28.4 Å². The lowest BCUT2D eigenvalue weighted by Crippen LogP contribution is -2.12. The van der Waals surface area contributed by atoms with Crippen LogP contribution in [0.1, 0.15) is 5.56 Å². The highest BCUT2D eigenvalue weighted by atomic mass is 15.1. The molecule has 0 N–H and O–H groups in total. The summed E-state index contributed by atoms with van der Waals surface area (Å²) in [6.07, 6.45) is 0. The fourth-order valence-corrected chi connectivity index (χ4v) is 5.01. The number of rotatable bonds is 6. The molecule has 0 aliphatic rings. The van der Waals surface area contributed by atoms with Gasteiger partial charge in [0.2, 0.25) is 0 Å². The first-order valence-corrected chi connectivity index (χ1v) is 13.0. The molecule has 0 atom stereocenters. The molecular formula is C36H30N2. The SMILES string of the molecule is Cc1ccc(N(C)c2ccc(N(c3ccc(-c4ccccc4)cc3)c3cccc4ccccc34)cc2)cc1. The lowest BCUT2D eigenvalue weighted by molar-refractivity contribution is 1.20. The van der Waals surface area contributed by atoms with Crippen LogP contribution in [-0.2, 0) is 0 Å². The van der Waals surface area contributed by atoms with Crippen LogP contribution in [0.15, 0.2) is 146 Å². The lowest BCUT2D eigenvalue weighted by atomic mass is 10.0. The smallest absolute Gasteiger partial charge is 0.0540 e. The molecule has 0 saturated heterocycles. The van der Waals surface area contributed by atoms with Crippen LogP contribution < -0.4 is 9.80 Å². The first kappa shape index (κ1) is 23.6. The molecule has 0 aliphatic carbocycles. The van der Waals surface area contributed by atoms with E-state index in [2.05, 4.69) is 169 Å². The number of aryl methyl sites for hydroxylation is 1. The quantitative estimate of drug-likeness (QED) is 0.229. The zero-order valence-corrected chi connectivity index (χ0v) is 21.8. The summed E-state index contributed by atoms with van der Waals surface area (Å²) in [7, 11) is 2.12. The van der Waals surface area contributed by atoms with E-state index in [0.717, 1.165) is 22.7 Å². The Morgan fingerprint density at radius 1 is 0.421 bits per heavy atom. The van der Waals surface area contributed by atoms with Gasteiger partial charge in [-0.1, -0.05) is 96.6 Å². The van der Waals surface area contributed by atoms with Gasteiger partial charge in [-0.2, -0.15) is 0 Å². The summed E-state index contributed by atoms with van der Waals surface area (Å²) in [4.78, 5) is 4.58. The standard InChI is InChI=1S/C36H30N2/c1-27-15-19-31(20-16-27)37(2)32-23-25-34(26-24-32)38(36-14-8-12-30-11-6-7-13-35(30)36)33-21-17-29(18-22-33)28-9-4-3-5-10-28/h3-26H,1-2H3. The summed E-state index contributed by atoms with van der Waals surface area (Å²) in [5.41, 5.74) is 9.43. The molecule has 0 bridgehead atoms. The van der Waals surface area contributed by atoms with Crippen molar-refractivity contribution in [3.8, 4) is 11.1 Å². The highest BCUT2D eigenvalue weighted by Crippen LogP contribution is 2.40. The van der Waals surface area contributed by atoms with Crippen molar-refractivity contribution in [2.75, 3.05) is 16.8 Å². The minimum atomic E-state index is 1.12. The highest BCUT2D eigenvalue weighted by Gasteiger charge is 2.16. The Morgan fingerprint density at radius 2 is 0.921 bits per heavy atom. The molecule has 2 heteroatoms. The second-order valence-corrected chi connectivity index (χ2v) is 9.66. The van der Waals surface area contributed by atoms with E-state index in [1.165, 1.54) is 33.2 Å². The Hall–Kier alpha value is -4.82. The van der Waals surface area contributed by atoms with Gasteiger partial charge in [0, 0.05) is 35.2 Å². The highest BCUT2D eigenvalue weighted by molar-refractivity contribution is 5.99. The van der Waals surface area contributed by atoms with Gasteiger partial charge in [-0.25, -0.2) is 0 Å². The Bertz CT molecular complexity index is 1650. The number of anilines is 5. The topological polar surface area (TPSA) is 6.48 Å². The number of benzene rings is 6. The zero-order valence-electron chi connectivity index (χ0n) is 21.8. The van der Waals surface area contributed by atoms with Crippen LogP contribution in [0.25, 0.3) is 21.9 Å². The second kappa shape index (κ2) is 10.3. The van der Waals surface area contributed by atoms with Crippen molar-refractivity contribution in [1.82, 2.24) is 0 Å². The largest absolute Gasteiger partial charge is 0.345 e. The summed E-state index contributed by atoms with van der Waals surface area (Å²) >= 11 is 0. The van der Waals surface area contributed by atoms with E-state index in [9.17, 15) is 0 Å². The maximum atomic E-state index is 2.35. The van der Waals surface area contributed by atoms with Crippen molar-refractivity contribution in [3.63, 3.8) is 0 Å². The van der Waals surface area contributed by atoms with Crippen molar-refractivity contribution in [1.29, 1.82) is 0 Å². The van der Waals surface area contributed by atoms with Gasteiger partial charge in [0.05, 0.1) is 5.69 Å². The predicted molar refractivity (Wildman–Crippen MR) is 163 cm³/mol. The molecule has 6 rings (SSSR count). The molecule has 6 aromatic carbocycles. The first-order chi connectivity index (χ1) is 18.7. The van der Waals surface area contributed by atoms with E-state index >= 15 is 0 Å². The van der Waals surface area contributed by atoms with E-state index in [-0.39, 0.29) is 0 Å². The number of hydrogen-bond donors (Lipinski definition) is 0. The van der Waals surface area contributed by atoms with Crippen LogP contribution in [0.5, 0.6) is 0 Å². The van der Waals surface area contributed by atoms with E-state index < -0.39 is 0 Å². The van der Waals surface area contributed by atoms with Crippen molar-refractivity contribution in [3.05, 3.63) is 151 Å². The van der Waals surface area contributed by atoms with Crippen LogP contribution in [-0.4, -0.2) is 7.05 Å². The van der Waals surface area contributed by atoms with Gasteiger partial charge in [0.25, 0.3) is 0 Å². The number of hydrogen-bond acceptors (Lipinski definition) is 2. The zero-order chi connectivity index (χ0) is 25.9. The maximum absolute atomic E-state index is 2.35. The van der Waals surface area contributed by atoms with Gasteiger partial charge in [-0.15, -0.1) is 0 Å². The molecule has 2 nitrogen and oxygen atoms in total. The summed E-state index contributed by atoms with van der Waals surface area (Å²) in [6, 6.07) is 52.0. The average molecular weight is 491 g/mol. The molecule has 0 spiro atoms. The van der Waals surface area contributed by atoms with Gasteiger partial charge in [-0.05, 0) is 78.0 Å². The van der Waals surface area contributed by atoms with Gasteiger partial charge >= 0.3 is 0 Å². The van der Waals surface area contributed by atoms with E-state index in [4.69, 9.17) is 0 Å². The molecule has 0 aliphatic heterocycles. The molecule has 184 valence electrons. The molecule has 0 unspecified atom stereocenters. The third-order valence-electron chi connectivity index (χ3n) is 7.16. The van der Waals surface area contributed by atoms with E-state index in [0.29, 0.717) is 0 Å². The summed E-state index contributed by atoms with van der Waals surface area (Å²) < 4.78 is 0. The average Bonchev–Trinajstić information content (AvgIpc) is 2.99. The number of fused-ring (bicyclic) bond motifs is 1. The van der Waals surface area contributed by atoms with Crippen molar-refractivity contribution >= 4 is 39.2 Å². The van der Waals surface area contributed by atoms with Gasteiger partial charge in [0.1, 0.15) is 0 Å². The molecule has 38 heavy (non-hydrogen) atoms. The van der Waals surface area contributed by atoms with E-state index in [1.807, 2.05) is 0 Å². The number of nitrogens with zero attached hydrogens (tertiary/aromatic N) is 2. The Balaban J connectivity index is 1.42. The van der Waals surface area contributed by atoms with E-state index in [1.54, 1.807) is 0 Å². The summed E-state index contributed by atoms with van der Waals surface area (Å²) in [5.74, 6) is 0. The third kappa shape index (κ3) is 4.65. The van der Waals surface area contributed by atoms with Crippen LogP contribution in [0, 0.1) is 6.92 Å². The van der Waals surface area contributed by atoms with Gasteiger partial charge in [-0.3, -0.25) is 0 Å². The van der Waals surface area contributed by atoms with Crippen LogP contribution in [0.2, 0.25) is 0 Å². The third-order valence-corrected chi connectivity index (χ3v) is 7.16. The monoisotopic (exact) mass is 490 g/mol. The normalized spacial score (nSPS) is 10.9. The van der Waals surface area contributed by atoms with Crippen molar-refractivity contribution in [2.24, 2.45) is 0 Å². The predicted octanol–water partition coefficient (Wildman–Crippen LogP) is 10.1. The molecular weight excluding hydrogens is 460 g/mol.